The van der Waals surface area contributed by atoms with Crippen LogP contribution in [-0.2, 0) is 17.8 Å². The van der Waals surface area contributed by atoms with Gasteiger partial charge < -0.3 is 14.2 Å². The lowest BCUT2D eigenvalue weighted by molar-refractivity contribution is -0.135. The van der Waals surface area contributed by atoms with E-state index >= 15 is 0 Å². The molecule has 1 aliphatic heterocycles. The molecule has 1 aliphatic rings. The van der Waals surface area contributed by atoms with Gasteiger partial charge in [-0.05, 0) is 36.2 Å². The van der Waals surface area contributed by atoms with Gasteiger partial charge in [-0.3, -0.25) is 9.69 Å². The van der Waals surface area contributed by atoms with Crippen LogP contribution in [0.2, 0.25) is 0 Å². The molecule has 1 fully saturated rings. The van der Waals surface area contributed by atoms with E-state index in [0.29, 0.717) is 50.2 Å². The molecule has 0 bridgehead atoms. The molecule has 31 heavy (non-hydrogen) atoms. The number of aryl methyl sites for hydroxylation is 1. The lowest BCUT2D eigenvalue weighted by Crippen LogP contribution is -2.49. The lowest BCUT2D eigenvalue weighted by atomic mass is 10.1. The molecule has 0 unspecified atom stereocenters. The third-order valence-electron chi connectivity index (χ3n) is 5.35. The van der Waals surface area contributed by atoms with Gasteiger partial charge in [-0.1, -0.05) is 36.3 Å². The fourth-order valence-corrected chi connectivity index (χ4v) is 3.44. The van der Waals surface area contributed by atoms with Crippen molar-refractivity contribution in [3.8, 4) is 17.1 Å². The van der Waals surface area contributed by atoms with Gasteiger partial charge in [0.2, 0.25) is 11.7 Å². The van der Waals surface area contributed by atoms with Gasteiger partial charge >= 0.3 is 0 Å². The van der Waals surface area contributed by atoms with E-state index < -0.39 is 0 Å². The normalized spacial score (nSPS) is 14.6. The number of hydrogen-bond acceptors (Lipinski definition) is 6. The number of benzene rings is 2. The smallest absolute Gasteiger partial charge is 0.260 e. The zero-order valence-electron chi connectivity index (χ0n) is 17.5. The minimum atomic E-state index is -0.336. The first-order valence-electron chi connectivity index (χ1n) is 10.4. The van der Waals surface area contributed by atoms with E-state index in [-0.39, 0.29) is 18.3 Å². The second-order valence-electron chi connectivity index (χ2n) is 7.46. The van der Waals surface area contributed by atoms with Crippen LogP contribution >= 0.6 is 0 Å². The standard InChI is InChI=1S/C23H25FN4O3/c1-2-17-3-5-18(6-4-17)23-25-21(31-26-23)15-27-11-13-28(14-12-27)22(29)16-30-20-9-7-19(24)8-10-20/h3-10H,2,11-16H2,1H3. The molecule has 0 N–H and O–H groups in total. The molecule has 2 aromatic carbocycles. The van der Waals surface area contributed by atoms with Crippen LogP contribution in [0.4, 0.5) is 4.39 Å². The third-order valence-corrected chi connectivity index (χ3v) is 5.35. The van der Waals surface area contributed by atoms with Gasteiger partial charge in [0, 0.05) is 31.7 Å². The Labute approximate surface area is 180 Å². The Morgan fingerprint density at radius 3 is 2.45 bits per heavy atom. The minimum absolute atomic E-state index is 0.0600. The van der Waals surface area contributed by atoms with Gasteiger partial charge in [0.1, 0.15) is 11.6 Å². The summed E-state index contributed by atoms with van der Waals surface area (Å²) < 4.78 is 23.8. The van der Waals surface area contributed by atoms with Crippen LogP contribution in [0.5, 0.6) is 5.75 Å². The summed E-state index contributed by atoms with van der Waals surface area (Å²) in [6.45, 7) is 5.24. The van der Waals surface area contributed by atoms with E-state index in [4.69, 9.17) is 9.26 Å². The second-order valence-corrected chi connectivity index (χ2v) is 7.46. The number of aromatic nitrogens is 2. The zero-order chi connectivity index (χ0) is 21.6. The van der Waals surface area contributed by atoms with Crippen LogP contribution in [-0.4, -0.2) is 58.6 Å². The molecule has 3 aromatic rings. The first kappa shape index (κ1) is 21.0. The molecule has 1 saturated heterocycles. The number of piperazine rings is 1. The maximum absolute atomic E-state index is 12.9. The van der Waals surface area contributed by atoms with E-state index in [9.17, 15) is 9.18 Å². The highest BCUT2D eigenvalue weighted by atomic mass is 19.1. The summed E-state index contributed by atoms with van der Waals surface area (Å²) in [7, 11) is 0. The minimum Gasteiger partial charge on any atom is -0.484 e. The Morgan fingerprint density at radius 1 is 1.06 bits per heavy atom. The van der Waals surface area contributed by atoms with Gasteiger partial charge in [-0.25, -0.2) is 4.39 Å². The Morgan fingerprint density at radius 2 is 1.77 bits per heavy atom. The molecule has 0 saturated carbocycles. The SMILES string of the molecule is CCc1ccc(-c2noc(CN3CCN(C(=O)COc4ccc(F)cc4)CC3)n2)cc1. The summed E-state index contributed by atoms with van der Waals surface area (Å²) in [5, 5.41) is 4.09. The van der Waals surface area contributed by atoms with E-state index in [1.165, 1.54) is 29.8 Å². The topological polar surface area (TPSA) is 71.7 Å². The molecule has 7 nitrogen and oxygen atoms in total. The summed E-state index contributed by atoms with van der Waals surface area (Å²) in [5.74, 6) is 1.21. The first-order chi connectivity index (χ1) is 15.1. The average Bonchev–Trinajstić information content (AvgIpc) is 3.27. The summed E-state index contributed by atoms with van der Waals surface area (Å²) in [6, 6.07) is 13.8. The van der Waals surface area contributed by atoms with Crippen molar-refractivity contribution in [2.24, 2.45) is 0 Å². The van der Waals surface area contributed by atoms with Crippen molar-refractivity contribution in [3.05, 3.63) is 65.8 Å². The highest BCUT2D eigenvalue weighted by molar-refractivity contribution is 5.77. The molecule has 1 aromatic heterocycles. The highest BCUT2D eigenvalue weighted by Gasteiger charge is 2.23. The van der Waals surface area contributed by atoms with E-state index in [2.05, 4.69) is 34.1 Å². The molecule has 4 rings (SSSR count). The molecule has 162 valence electrons. The lowest BCUT2D eigenvalue weighted by Gasteiger charge is -2.33. The van der Waals surface area contributed by atoms with Crippen molar-refractivity contribution in [2.75, 3.05) is 32.8 Å². The molecule has 0 spiro atoms. The Hall–Kier alpha value is -3.26. The fourth-order valence-electron chi connectivity index (χ4n) is 3.44. The van der Waals surface area contributed by atoms with Gasteiger partial charge in [0.05, 0.1) is 6.54 Å². The molecular weight excluding hydrogens is 399 g/mol. The quantitative estimate of drug-likeness (QED) is 0.580. The van der Waals surface area contributed by atoms with Crippen molar-refractivity contribution in [1.82, 2.24) is 19.9 Å². The molecular formula is C23H25FN4O3. The summed E-state index contributed by atoms with van der Waals surface area (Å²) >= 11 is 0. The van der Waals surface area contributed by atoms with Gasteiger partial charge in [0.25, 0.3) is 5.91 Å². The summed E-state index contributed by atoms with van der Waals surface area (Å²) in [5.41, 5.74) is 2.20. The number of carbonyl (C=O) groups excluding carboxylic acids is 1. The van der Waals surface area contributed by atoms with Crippen LogP contribution in [0.25, 0.3) is 11.4 Å². The monoisotopic (exact) mass is 424 g/mol. The van der Waals surface area contributed by atoms with Crippen molar-refractivity contribution >= 4 is 5.91 Å². The summed E-state index contributed by atoms with van der Waals surface area (Å²) in [6.07, 6.45) is 0.991. The number of ether oxygens (including phenoxy) is 1. The van der Waals surface area contributed by atoms with E-state index in [1.807, 2.05) is 12.1 Å². The number of halogens is 1. The number of hydrogen-bond donors (Lipinski definition) is 0. The van der Waals surface area contributed by atoms with Crippen molar-refractivity contribution < 1.29 is 18.4 Å². The van der Waals surface area contributed by atoms with Crippen LogP contribution in [0.3, 0.4) is 0 Å². The summed E-state index contributed by atoms with van der Waals surface area (Å²) in [4.78, 5) is 20.8. The molecule has 0 atom stereocenters. The Kier molecular flexibility index (Phi) is 6.57. The predicted octanol–water partition coefficient (Wildman–Crippen LogP) is 3.16. The van der Waals surface area contributed by atoms with Crippen molar-refractivity contribution in [2.45, 2.75) is 19.9 Å². The zero-order valence-corrected chi connectivity index (χ0v) is 17.5. The van der Waals surface area contributed by atoms with Crippen molar-refractivity contribution in [3.63, 3.8) is 0 Å². The molecule has 0 aliphatic carbocycles. The van der Waals surface area contributed by atoms with Crippen LogP contribution in [0, 0.1) is 5.82 Å². The van der Waals surface area contributed by atoms with Crippen molar-refractivity contribution in [1.29, 1.82) is 0 Å². The second kappa shape index (κ2) is 9.70. The molecule has 8 heteroatoms. The molecule has 0 radical (unpaired) electrons. The fraction of sp³-hybridized carbons (Fsp3) is 0.348. The van der Waals surface area contributed by atoms with Gasteiger partial charge in [0.15, 0.2) is 6.61 Å². The van der Waals surface area contributed by atoms with E-state index in [0.717, 1.165) is 12.0 Å². The molecule has 1 amide bonds. The number of nitrogens with zero attached hydrogens (tertiary/aromatic N) is 4. The Balaban J connectivity index is 1.24. The first-order valence-corrected chi connectivity index (χ1v) is 10.4. The Bertz CT molecular complexity index is 996. The largest absolute Gasteiger partial charge is 0.484 e. The maximum atomic E-state index is 12.9. The average molecular weight is 424 g/mol. The van der Waals surface area contributed by atoms with Crippen LogP contribution in [0.15, 0.2) is 53.1 Å². The van der Waals surface area contributed by atoms with Gasteiger partial charge in [-0.15, -0.1) is 0 Å². The number of carbonyl (C=O) groups is 1. The van der Waals surface area contributed by atoms with E-state index in [1.54, 1.807) is 4.90 Å². The highest BCUT2D eigenvalue weighted by Crippen LogP contribution is 2.18. The third kappa shape index (κ3) is 5.46. The number of amides is 1. The van der Waals surface area contributed by atoms with Crippen LogP contribution in [0.1, 0.15) is 18.4 Å². The number of rotatable bonds is 7. The van der Waals surface area contributed by atoms with Gasteiger partial charge in [-0.2, -0.15) is 4.98 Å². The van der Waals surface area contributed by atoms with Crippen LogP contribution < -0.4 is 4.74 Å². The maximum Gasteiger partial charge on any atom is 0.260 e. The predicted molar refractivity (Wildman–Crippen MR) is 113 cm³/mol. The molecule has 2 heterocycles.